The Morgan fingerprint density at radius 2 is 2.10 bits per heavy atom. The lowest BCUT2D eigenvalue weighted by Crippen LogP contribution is -2.08. The molecule has 1 atom stereocenters. The second-order valence-electron chi connectivity index (χ2n) is 5.87. The van der Waals surface area contributed by atoms with E-state index in [1.54, 1.807) is 11.8 Å². The molecule has 1 unspecified atom stereocenters. The highest BCUT2D eigenvalue weighted by molar-refractivity contribution is 8.14. The molecule has 3 rings (SSSR count). The molecule has 114 valence electrons. The number of anilines is 1. The zero-order chi connectivity index (χ0) is 14.7. The number of benzene rings is 1. The molecule has 5 heteroatoms. The Kier molecular flexibility index (Phi) is 4.58. The summed E-state index contributed by atoms with van der Waals surface area (Å²) in [5, 5.41) is 4.40. The standard InChI is InChI=1S/C16H22N2O2S/c1-11(2)8-13-10-21-16(18-13)17-12-4-5-14-15(9-12)20-7-3-6-19-14/h4-5,9,11,13H,3,6-8,10H2,1-2H3,(H,17,18). The Hall–Kier alpha value is -1.36. The molecule has 1 N–H and O–H groups in total. The fraction of sp³-hybridized carbons (Fsp3) is 0.562. The SMILES string of the molecule is CC(C)CC1CSC(Nc2ccc3c(c2)OCCCO3)=N1. The fourth-order valence-electron chi connectivity index (χ4n) is 2.51. The van der Waals surface area contributed by atoms with E-state index in [1.165, 1.54) is 0 Å². The number of rotatable bonds is 3. The van der Waals surface area contributed by atoms with Gasteiger partial charge < -0.3 is 14.8 Å². The molecule has 2 aliphatic heterocycles. The number of hydrogen-bond donors (Lipinski definition) is 1. The lowest BCUT2D eigenvalue weighted by Gasteiger charge is -2.10. The Labute approximate surface area is 130 Å². The van der Waals surface area contributed by atoms with Gasteiger partial charge in [-0.05, 0) is 24.5 Å². The lowest BCUT2D eigenvalue weighted by atomic mass is 10.1. The Balaban J connectivity index is 1.67. The van der Waals surface area contributed by atoms with Crippen molar-refractivity contribution in [2.75, 3.05) is 24.3 Å². The molecule has 0 fully saturated rings. The first-order valence-electron chi connectivity index (χ1n) is 7.58. The van der Waals surface area contributed by atoms with E-state index in [-0.39, 0.29) is 0 Å². The molecule has 0 spiro atoms. The zero-order valence-electron chi connectivity index (χ0n) is 12.6. The molecule has 1 aromatic rings. The molecule has 0 radical (unpaired) electrons. The van der Waals surface area contributed by atoms with E-state index in [2.05, 4.69) is 19.2 Å². The zero-order valence-corrected chi connectivity index (χ0v) is 13.4. The first kappa shape index (κ1) is 14.6. The fourth-order valence-corrected chi connectivity index (χ4v) is 3.49. The number of nitrogens with one attached hydrogen (secondary N) is 1. The van der Waals surface area contributed by atoms with Crippen LogP contribution >= 0.6 is 11.8 Å². The summed E-state index contributed by atoms with van der Waals surface area (Å²) in [4.78, 5) is 4.75. The van der Waals surface area contributed by atoms with Crippen molar-refractivity contribution in [2.24, 2.45) is 10.9 Å². The number of hydrogen-bond acceptors (Lipinski definition) is 5. The van der Waals surface area contributed by atoms with Gasteiger partial charge in [-0.25, -0.2) is 0 Å². The van der Waals surface area contributed by atoms with Crippen LogP contribution in [-0.2, 0) is 0 Å². The molecule has 21 heavy (non-hydrogen) atoms. The summed E-state index contributed by atoms with van der Waals surface area (Å²) in [5.74, 6) is 3.42. The summed E-state index contributed by atoms with van der Waals surface area (Å²) in [6, 6.07) is 6.43. The normalized spacial score (nSPS) is 21.1. The number of fused-ring (bicyclic) bond motifs is 1. The van der Waals surface area contributed by atoms with Gasteiger partial charge in [0, 0.05) is 23.9 Å². The molecule has 4 nitrogen and oxygen atoms in total. The largest absolute Gasteiger partial charge is 0.490 e. The highest BCUT2D eigenvalue weighted by atomic mass is 32.2. The predicted octanol–water partition coefficient (Wildman–Crippen LogP) is 3.78. The summed E-state index contributed by atoms with van der Waals surface area (Å²) in [7, 11) is 0. The van der Waals surface area contributed by atoms with Crippen LogP contribution in [0.2, 0.25) is 0 Å². The van der Waals surface area contributed by atoms with E-state index in [0.29, 0.717) is 18.6 Å². The summed E-state index contributed by atoms with van der Waals surface area (Å²) in [5.41, 5.74) is 1.01. The van der Waals surface area contributed by atoms with Gasteiger partial charge in [0.15, 0.2) is 16.7 Å². The van der Waals surface area contributed by atoms with Gasteiger partial charge in [-0.3, -0.25) is 4.99 Å². The maximum atomic E-state index is 5.72. The average molecular weight is 306 g/mol. The number of ether oxygens (including phenoxy) is 2. The quantitative estimate of drug-likeness (QED) is 0.923. The Morgan fingerprint density at radius 3 is 2.90 bits per heavy atom. The number of aliphatic imine (C=N–C) groups is 1. The smallest absolute Gasteiger partial charge is 0.163 e. The van der Waals surface area contributed by atoms with E-state index < -0.39 is 0 Å². The number of amidine groups is 1. The molecule has 0 saturated carbocycles. The molecule has 0 amide bonds. The topological polar surface area (TPSA) is 42.8 Å². The van der Waals surface area contributed by atoms with Gasteiger partial charge in [0.1, 0.15) is 0 Å². The second kappa shape index (κ2) is 6.60. The van der Waals surface area contributed by atoms with Crippen LogP contribution in [0.5, 0.6) is 11.5 Å². The molecular weight excluding hydrogens is 284 g/mol. The third kappa shape index (κ3) is 3.84. The van der Waals surface area contributed by atoms with Crippen molar-refractivity contribution in [3.05, 3.63) is 18.2 Å². The Bertz CT molecular complexity index is 531. The maximum Gasteiger partial charge on any atom is 0.163 e. The molecule has 0 saturated heterocycles. The van der Waals surface area contributed by atoms with E-state index in [1.807, 2.05) is 18.2 Å². The van der Waals surface area contributed by atoms with Crippen molar-refractivity contribution in [3.63, 3.8) is 0 Å². The predicted molar refractivity (Wildman–Crippen MR) is 88.8 cm³/mol. The molecule has 1 aromatic carbocycles. The van der Waals surface area contributed by atoms with Gasteiger partial charge in [0.05, 0.1) is 19.3 Å². The van der Waals surface area contributed by atoms with Crippen LogP contribution in [-0.4, -0.2) is 30.2 Å². The molecule has 2 aliphatic rings. The van der Waals surface area contributed by atoms with Crippen molar-refractivity contribution in [1.82, 2.24) is 0 Å². The molecule has 0 bridgehead atoms. The lowest BCUT2D eigenvalue weighted by molar-refractivity contribution is 0.297. The number of nitrogens with zero attached hydrogens (tertiary/aromatic N) is 1. The van der Waals surface area contributed by atoms with E-state index in [4.69, 9.17) is 14.5 Å². The third-order valence-corrected chi connectivity index (χ3v) is 4.49. The minimum Gasteiger partial charge on any atom is -0.490 e. The van der Waals surface area contributed by atoms with E-state index >= 15 is 0 Å². The maximum absolute atomic E-state index is 5.72. The van der Waals surface area contributed by atoms with Crippen LogP contribution in [0.1, 0.15) is 26.7 Å². The van der Waals surface area contributed by atoms with Crippen LogP contribution in [0.15, 0.2) is 23.2 Å². The summed E-state index contributed by atoms with van der Waals surface area (Å²) in [6.45, 7) is 5.92. The monoisotopic (exact) mass is 306 g/mol. The third-order valence-electron chi connectivity index (χ3n) is 3.45. The van der Waals surface area contributed by atoms with E-state index in [9.17, 15) is 0 Å². The van der Waals surface area contributed by atoms with Gasteiger partial charge in [-0.2, -0.15) is 0 Å². The van der Waals surface area contributed by atoms with Crippen molar-refractivity contribution < 1.29 is 9.47 Å². The van der Waals surface area contributed by atoms with Gasteiger partial charge in [0.25, 0.3) is 0 Å². The van der Waals surface area contributed by atoms with Crippen molar-refractivity contribution in [3.8, 4) is 11.5 Å². The summed E-state index contributed by atoms with van der Waals surface area (Å²) in [6.07, 6.45) is 2.08. The van der Waals surface area contributed by atoms with Crippen molar-refractivity contribution in [1.29, 1.82) is 0 Å². The van der Waals surface area contributed by atoms with Gasteiger partial charge >= 0.3 is 0 Å². The van der Waals surface area contributed by atoms with Crippen LogP contribution < -0.4 is 14.8 Å². The van der Waals surface area contributed by atoms with Crippen LogP contribution in [0.3, 0.4) is 0 Å². The minimum absolute atomic E-state index is 0.443. The minimum atomic E-state index is 0.443. The Morgan fingerprint density at radius 1 is 1.29 bits per heavy atom. The van der Waals surface area contributed by atoms with Gasteiger partial charge in [0.2, 0.25) is 0 Å². The highest BCUT2D eigenvalue weighted by Crippen LogP contribution is 2.33. The second-order valence-corrected chi connectivity index (χ2v) is 6.87. The summed E-state index contributed by atoms with van der Waals surface area (Å²) < 4.78 is 11.4. The van der Waals surface area contributed by atoms with Crippen LogP contribution in [0.25, 0.3) is 0 Å². The highest BCUT2D eigenvalue weighted by Gasteiger charge is 2.20. The molecule has 2 heterocycles. The first-order chi connectivity index (χ1) is 10.2. The molecule has 0 aliphatic carbocycles. The molecule has 0 aromatic heterocycles. The van der Waals surface area contributed by atoms with Crippen molar-refractivity contribution >= 4 is 22.6 Å². The number of thioether (sulfide) groups is 1. The van der Waals surface area contributed by atoms with Crippen LogP contribution in [0.4, 0.5) is 5.69 Å². The van der Waals surface area contributed by atoms with Gasteiger partial charge in [-0.15, -0.1) is 0 Å². The van der Waals surface area contributed by atoms with E-state index in [0.717, 1.165) is 47.6 Å². The molecular formula is C16H22N2O2S. The van der Waals surface area contributed by atoms with Gasteiger partial charge in [-0.1, -0.05) is 25.6 Å². The van der Waals surface area contributed by atoms with Crippen LogP contribution in [0, 0.1) is 5.92 Å². The summed E-state index contributed by atoms with van der Waals surface area (Å²) >= 11 is 1.80. The average Bonchev–Trinajstić information content (AvgIpc) is 2.73. The first-order valence-corrected chi connectivity index (χ1v) is 8.56. The van der Waals surface area contributed by atoms with Crippen molar-refractivity contribution in [2.45, 2.75) is 32.7 Å².